The maximum atomic E-state index is 10.5. The molecule has 1 aliphatic carbocycles. The molecule has 0 saturated heterocycles. The van der Waals surface area contributed by atoms with E-state index < -0.39 is 0 Å². The predicted octanol–water partition coefficient (Wildman–Crippen LogP) is 0.380. The third-order valence-electron chi connectivity index (χ3n) is 2.25. The van der Waals surface area contributed by atoms with Crippen molar-refractivity contribution in [2.24, 2.45) is 0 Å². The van der Waals surface area contributed by atoms with Gasteiger partial charge in [-0.3, -0.25) is 4.79 Å². The van der Waals surface area contributed by atoms with Gasteiger partial charge >= 0.3 is 0 Å². The highest BCUT2D eigenvalue weighted by atomic mass is 16.3. The summed E-state index contributed by atoms with van der Waals surface area (Å²) in [5.74, 6) is 0. The summed E-state index contributed by atoms with van der Waals surface area (Å²) >= 11 is 0. The minimum atomic E-state index is 0.178. The van der Waals surface area contributed by atoms with Gasteiger partial charge in [0.25, 0.3) is 0 Å². The minimum Gasteiger partial charge on any atom is -0.396 e. The minimum absolute atomic E-state index is 0.178. The smallest absolute Gasteiger partial charge is 0.209 e. The molecule has 1 aliphatic rings. The maximum absolute atomic E-state index is 10.5. The fourth-order valence-electron chi connectivity index (χ4n) is 1.29. The van der Waals surface area contributed by atoms with E-state index in [4.69, 9.17) is 5.11 Å². The third-order valence-corrected chi connectivity index (χ3v) is 2.25. The number of hydrogen-bond donors (Lipinski definition) is 1. The summed E-state index contributed by atoms with van der Waals surface area (Å²) in [4.78, 5) is 12.3. The van der Waals surface area contributed by atoms with E-state index in [2.05, 4.69) is 0 Å². The second-order valence-electron chi connectivity index (χ2n) is 3.01. The van der Waals surface area contributed by atoms with Crippen molar-refractivity contribution in [2.75, 3.05) is 13.2 Å². The van der Waals surface area contributed by atoms with Gasteiger partial charge in [0.15, 0.2) is 0 Å². The average Bonchev–Trinajstić information content (AvgIpc) is 1.93. The van der Waals surface area contributed by atoms with Crippen LogP contribution in [0.1, 0.15) is 25.7 Å². The Morgan fingerprint density at radius 1 is 1.55 bits per heavy atom. The zero-order valence-electron chi connectivity index (χ0n) is 6.70. The fourth-order valence-corrected chi connectivity index (χ4v) is 1.29. The van der Waals surface area contributed by atoms with Gasteiger partial charge < -0.3 is 10.0 Å². The molecule has 1 fully saturated rings. The first-order valence-electron chi connectivity index (χ1n) is 4.20. The number of aliphatic hydroxyl groups is 1. The zero-order chi connectivity index (χ0) is 8.10. The highest BCUT2D eigenvalue weighted by Gasteiger charge is 2.22. The molecule has 3 heteroatoms. The number of carbonyl (C=O) groups is 1. The van der Waals surface area contributed by atoms with Crippen molar-refractivity contribution in [2.45, 2.75) is 31.7 Å². The summed E-state index contributed by atoms with van der Waals surface area (Å²) in [6.07, 6.45) is 5.14. The summed E-state index contributed by atoms with van der Waals surface area (Å²) in [5.41, 5.74) is 0. The van der Waals surface area contributed by atoms with Crippen LogP contribution in [0.4, 0.5) is 0 Å². The molecule has 1 amide bonds. The molecule has 0 bridgehead atoms. The van der Waals surface area contributed by atoms with Crippen molar-refractivity contribution in [1.82, 2.24) is 4.90 Å². The lowest BCUT2D eigenvalue weighted by atomic mass is 9.92. The fraction of sp³-hybridized carbons (Fsp3) is 0.875. The summed E-state index contributed by atoms with van der Waals surface area (Å²) in [7, 11) is 0. The van der Waals surface area contributed by atoms with Crippen LogP contribution in [0.2, 0.25) is 0 Å². The Morgan fingerprint density at radius 3 is 2.64 bits per heavy atom. The van der Waals surface area contributed by atoms with E-state index in [1.165, 1.54) is 6.42 Å². The van der Waals surface area contributed by atoms with Gasteiger partial charge in [0, 0.05) is 19.2 Å². The third kappa shape index (κ3) is 2.19. The van der Waals surface area contributed by atoms with Crippen molar-refractivity contribution >= 4 is 6.41 Å². The molecule has 0 spiro atoms. The number of hydrogen-bond acceptors (Lipinski definition) is 2. The quantitative estimate of drug-likeness (QED) is 0.586. The van der Waals surface area contributed by atoms with Crippen LogP contribution in [0.3, 0.4) is 0 Å². The van der Waals surface area contributed by atoms with E-state index in [9.17, 15) is 4.79 Å². The zero-order valence-corrected chi connectivity index (χ0v) is 6.70. The maximum Gasteiger partial charge on any atom is 0.209 e. The van der Waals surface area contributed by atoms with E-state index >= 15 is 0 Å². The number of carbonyl (C=O) groups excluding carboxylic acids is 1. The molecule has 3 nitrogen and oxygen atoms in total. The summed E-state index contributed by atoms with van der Waals surface area (Å²) in [6.45, 7) is 0.891. The van der Waals surface area contributed by atoms with Crippen molar-refractivity contribution < 1.29 is 9.90 Å². The van der Waals surface area contributed by atoms with Crippen LogP contribution in [0.15, 0.2) is 0 Å². The van der Waals surface area contributed by atoms with Crippen LogP contribution < -0.4 is 0 Å². The molecular weight excluding hydrogens is 142 g/mol. The molecule has 0 unspecified atom stereocenters. The van der Waals surface area contributed by atoms with Crippen molar-refractivity contribution in [3.05, 3.63) is 0 Å². The first kappa shape index (κ1) is 8.53. The molecule has 11 heavy (non-hydrogen) atoms. The highest BCUT2D eigenvalue weighted by molar-refractivity contribution is 5.47. The van der Waals surface area contributed by atoms with E-state index in [-0.39, 0.29) is 6.61 Å². The second-order valence-corrected chi connectivity index (χ2v) is 3.01. The summed E-state index contributed by atoms with van der Waals surface area (Å²) < 4.78 is 0. The summed E-state index contributed by atoms with van der Waals surface area (Å²) in [5, 5.41) is 8.54. The summed E-state index contributed by atoms with van der Waals surface area (Å²) in [6, 6.07) is 0.471. The molecule has 0 heterocycles. The van der Waals surface area contributed by atoms with Crippen LogP contribution in [-0.4, -0.2) is 35.6 Å². The Hall–Kier alpha value is -0.570. The number of amides is 1. The Morgan fingerprint density at radius 2 is 2.27 bits per heavy atom. The van der Waals surface area contributed by atoms with Gasteiger partial charge in [-0.15, -0.1) is 0 Å². The molecule has 1 rings (SSSR count). The molecule has 1 N–H and O–H groups in total. The largest absolute Gasteiger partial charge is 0.396 e. The Balaban J connectivity index is 2.18. The second kappa shape index (κ2) is 4.34. The van der Waals surface area contributed by atoms with Crippen LogP contribution in [-0.2, 0) is 4.79 Å². The van der Waals surface area contributed by atoms with Crippen molar-refractivity contribution in [1.29, 1.82) is 0 Å². The lowest BCUT2D eigenvalue weighted by Gasteiger charge is -2.34. The van der Waals surface area contributed by atoms with Gasteiger partial charge in [0.1, 0.15) is 0 Å². The standard InChI is InChI=1S/C8H15NO2/c10-6-2-5-9(7-11)8-3-1-4-8/h7-8,10H,1-6H2. The molecule has 1 saturated carbocycles. The van der Waals surface area contributed by atoms with Gasteiger partial charge in [-0.05, 0) is 25.7 Å². The molecular formula is C8H15NO2. The Bertz CT molecular complexity index is 123. The molecule has 64 valence electrons. The van der Waals surface area contributed by atoms with Crippen LogP contribution in [0, 0.1) is 0 Å². The van der Waals surface area contributed by atoms with Gasteiger partial charge in [0.05, 0.1) is 0 Å². The molecule has 0 aliphatic heterocycles. The Labute approximate surface area is 67.0 Å². The normalized spacial score (nSPS) is 17.5. The van der Waals surface area contributed by atoms with E-state index in [0.29, 0.717) is 19.0 Å². The highest BCUT2D eigenvalue weighted by Crippen LogP contribution is 2.23. The van der Waals surface area contributed by atoms with Gasteiger partial charge in [-0.2, -0.15) is 0 Å². The first-order valence-corrected chi connectivity index (χ1v) is 4.20. The average molecular weight is 157 g/mol. The molecule has 0 atom stereocenters. The predicted molar refractivity (Wildman–Crippen MR) is 42.1 cm³/mol. The van der Waals surface area contributed by atoms with Gasteiger partial charge in [-0.25, -0.2) is 0 Å². The van der Waals surface area contributed by atoms with Crippen molar-refractivity contribution in [3.63, 3.8) is 0 Å². The lowest BCUT2D eigenvalue weighted by Crippen LogP contribution is -2.39. The van der Waals surface area contributed by atoms with E-state index in [1.54, 1.807) is 4.90 Å². The van der Waals surface area contributed by atoms with Crippen LogP contribution in [0.25, 0.3) is 0 Å². The number of nitrogens with zero attached hydrogens (tertiary/aromatic N) is 1. The van der Waals surface area contributed by atoms with E-state index in [1.807, 2.05) is 0 Å². The SMILES string of the molecule is O=CN(CCCO)C1CCC1. The monoisotopic (exact) mass is 157 g/mol. The van der Waals surface area contributed by atoms with Crippen LogP contribution >= 0.6 is 0 Å². The van der Waals surface area contributed by atoms with Crippen molar-refractivity contribution in [3.8, 4) is 0 Å². The number of rotatable bonds is 5. The van der Waals surface area contributed by atoms with Crippen LogP contribution in [0.5, 0.6) is 0 Å². The molecule has 0 aromatic heterocycles. The van der Waals surface area contributed by atoms with Gasteiger partial charge in [0.2, 0.25) is 6.41 Å². The molecule has 0 aromatic carbocycles. The van der Waals surface area contributed by atoms with Gasteiger partial charge in [-0.1, -0.05) is 0 Å². The number of aliphatic hydroxyl groups excluding tert-OH is 1. The topological polar surface area (TPSA) is 40.5 Å². The first-order chi connectivity index (χ1) is 5.38. The van der Waals surface area contributed by atoms with E-state index in [0.717, 1.165) is 19.3 Å². The molecule has 0 aromatic rings. The Kier molecular flexibility index (Phi) is 3.36. The lowest BCUT2D eigenvalue weighted by molar-refractivity contribution is -0.121. The molecule has 0 radical (unpaired) electrons.